The van der Waals surface area contributed by atoms with E-state index >= 15 is 0 Å². The van der Waals surface area contributed by atoms with Crippen LogP contribution in [0.25, 0.3) is 0 Å². The summed E-state index contributed by atoms with van der Waals surface area (Å²) < 4.78 is 5.78. The Morgan fingerprint density at radius 2 is 2.12 bits per heavy atom. The molecule has 0 unspecified atom stereocenters. The minimum absolute atomic E-state index is 0.0159. The molecule has 1 fully saturated rings. The Kier molecular flexibility index (Phi) is 5.85. The Morgan fingerprint density at radius 3 is 2.85 bits per heavy atom. The summed E-state index contributed by atoms with van der Waals surface area (Å²) in [6.07, 6.45) is 1.61. The molecule has 2 heterocycles. The first-order valence-electron chi connectivity index (χ1n) is 8.79. The molecular formula is C20H25N3O3. The van der Waals surface area contributed by atoms with Gasteiger partial charge < -0.3 is 14.7 Å². The van der Waals surface area contributed by atoms with E-state index < -0.39 is 6.10 Å². The van der Waals surface area contributed by atoms with Gasteiger partial charge in [0.1, 0.15) is 5.75 Å². The number of aromatic nitrogens is 1. The standard InChI is InChI=1S/C20H25N3O3/c1-22(2)20(25)11-16-13-23(14-18(16)24)12-15-6-5-7-17(10-15)26-19-8-3-4-9-21-19/h3-10,16,18,24H,11-14H2,1-2H3/t16-,18-/m1/s1. The lowest BCUT2D eigenvalue weighted by Crippen LogP contribution is -2.28. The van der Waals surface area contributed by atoms with Gasteiger partial charge in [0.25, 0.3) is 0 Å². The molecular weight excluding hydrogens is 330 g/mol. The summed E-state index contributed by atoms with van der Waals surface area (Å²) in [5, 5.41) is 10.3. The van der Waals surface area contributed by atoms with Crippen molar-refractivity contribution in [2.75, 3.05) is 27.2 Å². The Bertz CT molecular complexity index is 736. The summed E-state index contributed by atoms with van der Waals surface area (Å²) in [5.41, 5.74) is 1.10. The van der Waals surface area contributed by atoms with E-state index in [0.29, 0.717) is 31.9 Å². The van der Waals surface area contributed by atoms with E-state index in [1.54, 1.807) is 25.2 Å². The number of ether oxygens (including phenoxy) is 1. The first-order valence-corrected chi connectivity index (χ1v) is 8.79. The van der Waals surface area contributed by atoms with Gasteiger partial charge in [-0.25, -0.2) is 4.98 Å². The number of aliphatic hydroxyl groups is 1. The van der Waals surface area contributed by atoms with E-state index in [0.717, 1.165) is 11.3 Å². The van der Waals surface area contributed by atoms with Gasteiger partial charge in [-0.15, -0.1) is 0 Å². The number of benzene rings is 1. The first-order chi connectivity index (χ1) is 12.5. The van der Waals surface area contributed by atoms with Gasteiger partial charge in [-0.2, -0.15) is 0 Å². The van der Waals surface area contributed by atoms with Crippen LogP contribution in [0.4, 0.5) is 0 Å². The highest BCUT2D eigenvalue weighted by atomic mass is 16.5. The Hall–Kier alpha value is -2.44. The van der Waals surface area contributed by atoms with Crippen LogP contribution in [0, 0.1) is 5.92 Å². The van der Waals surface area contributed by atoms with Crippen LogP contribution in [0.2, 0.25) is 0 Å². The summed E-state index contributed by atoms with van der Waals surface area (Å²) in [5.74, 6) is 1.34. The molecule has 138 valence electrons. The van der Waals surface area contributed by atoms with Crippen LogP contribution in [0.1, 0.15) is 12.0 Å². The minimum atomic E-state index is -0.466. The van der Waals surface area contributed by atoms with Crippen LogP contribution < -0.4 is 4.74 Å². The first kappa shape index (κ1) is 18.4. The molecule has 1 aliphatic rings. The molecule has 1 amide bonds. The number of carbonyl (C=O) groups is 1. The fourth-order valence-corrected chi connectivity index (χ4v) is 3.17. The molecule has 3 rings (SSSR count). The predicted molar refractivity (Wildman–Crippen MR) is 98.8 cm³/mol. The van der Waals surface area contributed by atoms with Gasteiger partial charge in [0.15, 0.2) is 0 Å². The highest BCUT2D eigenvalue weighted by molar-refractivity contribution is 5.75. The SMILES string of the molecule is CN(C)C(=O)C[C@@H]1CN(Cc2cccc(Oc3ccccn3)c2)C[C@H]1O. The van der Waals surface area contributed by atoms with Crippen molar-refractivity contribution < 1.29 is 14.6 Å². The van der Waals surface area contributed by atoms with Gasteiger partial charge in [-0.05, 0) is 23.8 Å². The number of β-amino-alcohol motifs (C(OH)–C–C–N with tert-alkyl or cyclic N) is 1. The number of amides is 1. The Morgan fingerprint density at radius 1 is 1.27 bits per heavy atom. The van der Waals surface area contributed by atoms with Crippen LogP contribution in [-0.4, -0.2) is 59.1 Å². The average Bonchev–Trinajstić information content (AvgIpc) is 2.95. The number of hydrogen-bond acceptors (Lipinski definition) is 5. The number of rotatable bonds is 6. The second-order valence-electron chi connectivity index (χ2n) is 6.93. The van der Waals surface area contributed by atoms with Crippen LogP contribution in [0.3, 0.4) is 0 Å². The van der Waals surface area contributed by atoms with E-state index in [2.05, 4.69) is 9.88 Å². The maximum atomic E-state index is 11.9. The number of pyridine rings is 1. The molecule has 0 saturated carbocycles. The van der Waals surface area contributed by atoms with E-state index in [4.69, 9.17) is 4.74 Å². The van der Waals surface area contributed by atoms with Crippen LogP contribution in [-0.2, 0) is 11.3 Å². The van der Waals surface area contributed by atoms with Crippen molar-refractivity contribution >= 4 is 5.91 Å². The third kappa shape index (κ3) is 4.80. The van der Waals surface area contributed by atoms with Gasteiger partial charge >= 0.3 is 0 Å². The fraction of sp³-hybridized carbons (Fsp3) is 0.400. The van der Waals surface area contributed by atoms with E-state index in [1.165, 1.54) is 0 Å². The van der Waals surface area contributed by atoms with Crippen molar-refractivity contribution in [3.8, 4) is 11.6 Å². The molecule has 0 radical (unpaired) electrons. The summed E-state index contributed by atoms with van der Waals surface area (Å²) >= 11 is 0. The summed E-state index contributed by atoms with van der Waals surface area (Å²) in [6.45, 7) is 2.01. The largest absolute Gasteiger partial charge is 0.439 e. The van der Waals surface area contributed by atoms with E-state index in [-0.39, 0.29) is 11.8 Å². The zero-order chi connectivity index (χ0) is 18.5. The normalized spacial score (nSPS) is 20.1. The van der Waals surface area contributed by atoms with Crippen molar-refractivity contribution in [3.63, 3.8) is 0 Å². The van der Waals surface area contributed by atoms with E-state index in [9.17, 15) is 9.90 Å². The number of nitrogens with zero attached hydrogens (tertiary/aromatic N) is 3. The van der Waals surface area contributed by atoms with Gasteiger partial charge in [0, 0.05) is 58.3 Å². The lowest BCUT2D eigenvalue weighted by atomic mass is 10.0. The number of aliphatic hydroxyl groups excluding tert-OH is 1. The highest BCUT2D eigenvalue weighted by Gasteiger charge is 2.33. The highest BCUT2D eigenvalue weighted by Crippen LogP contribution is 2.25. The maximum absolute atomic E-state index is 11.9. The second kappa shape index (κ2) is 8.29. The number of likely N-dealkylation sites (tertiary alicyclic amines) is 1. The molecule has 1 aliphatic heterocycles. The van der Waals surface area contributed by atoms with Gasteiger partial charge in [-0.1, -0.05) is 18.2 Å². The molecule has 1 aromatic heterocycles. The Labute approximate surface area is 154 Å². The smallest absolute Gasteiger partial charge is 0.222 e. The summed E-state index contributed by atoms with van der Waals surface area (Å²) in [4.78, 5) is 19.8. The summed E-state index contributed by atoms with van der Waals surface area (Å²) in [6, 6.07) is 13.4. The van der Waals surface area contributed by atoms with Gasteiger partial charge in [0.05, 0.1) is 6.10 Å². The molecule has 0 aliphatic carbocycles. The zero-order valence-corrected chi connectivity index (χ0v) is 15.2. The van der Waals surface area contributed by atoms with Crippen LogP contribution in [0.5, 0.6) is 11.6 Å². The molecule has 2 aromatic rings. The van der Waals surface area contributed by atoms with Crippen LogP contribution in [0.15, 0.2) is 48.7 Å². The van der Waals surface area contributed by atoms with Crippen molar-refractivity contribution in [3.05, 3.63) is 54.2 Å². The third-order valence-electron chi connectivity index (χ3n) is 4.58. The molecule has 1 N–H and O–H groups in total. The molecule has 6 heteroatoms. The van der Waals surface area contributed by atoms with Crippen LogP contribution >= 0.6 is 0 Å². The molecule has 0 spiro atoms. The molecule has 2 atom stereocenters. The van der Waals surface area contributed by atoms with Crippen molar-refractivity contribution in [1.29, 1.82) is 0 Å². The monoisotopic (exact) mass is 355 g/mol. The minimum Gasteiger partial charge on any atom is -0.439 e. The van der Waals surface area contributed by atoms with Crippen molar-refractivity contribution in [2.45, 2.75) is 19.1 Å². The zero-order valence-electron chi connectivity index (χ0n) is 15.2. The number of hydrogen-bond donors (Lipinski definition) is 1. The van der Waals surface area contributed by atoms with Gasteiger partial charge in [0.2, 0.25) is 11.8 Å². The van der Waals surface area contributed by atoms with E-state index in [1.807, 2.05) is 42.5 Å². The molecule has 6 nitrogen and oxygen atoms in total. The van der Waals surface area contributed by atoms with Crippen molar-refractivity contribution in [2.24, 2.45) is 5.92 Å². The molecule has 1 saturated heterocycles. The topological polar surface area (TPSA) is 65.9 Å². The Balaban J connectivity index is 1.59. The third-order valence-corrected chi connectivity index (χ3v) is 4.58. The second-order valence-corrected chi connectivity index (χ2v) is 6.93. The summed E-state index contributed by atoms with van der Waals surface area (Å²) in [7, 11) is 3.49. The molecule has 26 heavy (non-hydrogen) atoms. The van der Waals surface area contributed by atoms with Gasteiger partial charge in [-0.3, -0.25) is 9.69 Å². The number of carbonyl (C=O) groups excluding carboxylic acids is 1. The lowest BCUT2D eigenvalue weighted by Gasteiger charge is -2.17. The predicted octanol–water partition coefficient (Wildman–Crippen LogP) is 2.14. The maximum Gasteiger partial charge on any atom is 0.222 e. The molecule has 0 bridgehead atoms. The average molecular weight is 355 g/mol. The quantitative estimate of drug-likeness (QED) is 0.860. The fourth-order valence-electron chi connectivity index (χ4n) is 3.17. The molecule has 1 aromatic carbocycles. The van der Waals surface area contributed by atoms with Crippen molar-refractivity contribution in [1.82, 2.24) is 14.8 Å². The lowest BCUT2D eigenvalue weighted by molar-refractivity contribution is -0.130.